The van der Waals surface area contributed by atoms with Gasteiger partial charge in [0.1, 0.15) is 0 Å². The smallest absolute Gasteiger partial charge is 0.0704 e. The monoisotopic (exact) mass is 199 g/mol. The molecule has 1 saturated carbocycles. The zero-order chi connectivity index (χ0) is 10.2. The molecule has 0 heterocycles. The van der Waals surface area contributed by atoms with Crippen LogP contribution < -0.4 is 5.32 Å². The third kappa shape index (κ3) is 6.13. The Labute approximate surface area is 86.5 Å². The van der Waals surface area contributed by atoms with Crippen molar-refractivity contribution in [3.05, 3.63) is 12.2 Å². The molecule has 1 N–H and O–H groups in total. The second-order valence-electron chi connectivity index (χ2n) is 3.65. The Bertz CT molecular complexity index is 167. The molecule has 1 fully saturated rings. The largest absolute Gasteiger partial charge is 0.379 e. The Morgan fingerprint density at radius 1 is 1.36 bits per heavy atom. The van der Waals surface area contributed by atoms with Crippen molar-refractivity contribution >= 4 is 0 Å². The average Bonchev–Trinajstić information content (AvgIpc) is 2.98. The van der Waals surface area contributed by atoms with Crippen LogP contribution in [-0.2, 0) is 9.47 Å². The summed E-state index contributed by atoms with van der Waals surface area (Å²) in [6.07, 6.45) is 2.64. The molecule has 3 heteroatoms. The highest BCUT2D eigenvalue weighted by Gasteiger charge is 2.19. The van der Waals surface area contributed by atoms with Gasteiger partial charge in [-0.3, -0.25) is 0 Å². The minimum atomic E-state index is 0.646. The van der Waals surface area contributed by atoms with Gasteiger partial charge in [0.15, 0.2) is 0 Å². The number of ether oxygens (including phenoxy) is 2. The maximum atomic E-state index is 5.39. The number of hydrogen-bond acceptors (Lipinski definition) is 3. The fourth-order valence-electron chi connectivity index (χ4n) is 1.11. The molecule has 0 atom stereocenters. The first kappa shape index (κ1) is 11.7. The number of nitrogens with one attached hydrogen (secondary N) is 1. The van der Waals surface area contributed by atoms with E-state index < -0.39 is 0 Å². The zero-order valence-electron chi connectivity index (χ0n) is 9.05. The molecule has 14 heavy (non-hydrogen) atoms. The van der Waals surface area contributed by atoms with Crippen molar-refractivity contribution in [1.29, 1.82) is 0 Å². The van der Waals surface area contributed by atoms with Crippen molar-refractivity contribution < 1.29 is 9.47 Å². The van der Waals surface area contributed by atoms with Gasteiger partial charge in [0, 0.05) is 19.2 Å². The summed E-state index contributed by atoms with van der Waals surface area (Å²) >= 11 is 0. The van der Waals surface area contributed by atoms with E-state index in [4.69, 9.17) is 9.47 Å². The summed E-state index contributed by atoms with van der Waals surface area (Å²) in [4.78, 5) is 0. The van der Waals surface area contributed by atoms with E-state index in [0.717, 1.165) is 24.8 Å². The zero-order valence-corrected chi connectivity index (χ0v) is 9.05. The van der Waals surface area contributed by atoms with Crippen LogP contribution in [0.2, 0.25) is 0 Å². The van der Waals surface area contributed by atoms with Crippen LogP contribution in [0.4, 0.5) is 0 Å². The predicted molar refractivity (Wildman–Crippen MR) is 57.5 cm³/mol. The SMILES string of the molecule is C=C(CNC1CC1)COCCOCC. The topological polar surface area (TPSA) is 30.5 Å². The molecule has 3 nitrogen and oxygen atoms in total. The second-order valence-corrected chi connectivity index (χ2v) is 3.65. The van der Waals surface area contributed by atoms with Crippen molar-refractivity contribution in [2.24, 2.45) is 0 Å². The van der Waals surface area contributed by atoms with Crippen molar-refractivity contribution in [2.75, 3.05) is 33.0 Å². The van der Waals surface area contributed by atoms with E-state index in [2.05, 4.69) is 11.9 Å². The van der Waals surface area contributed by atoms with E-state index >= 15 is 0 Å². The molecule has 0 aromatic rings. The number of rotatable bonds is 9. The summed E-state index contributed by atoms with van der Waals surface area (Å²) in [5, 5.41) is 3.40. The molecule has 0 unspecified atom stereocenters. The van der Waals surface area contributed by atoms with Gasteiger partial charge in [-0.1, -0.05) is 6.58 Å². The lowest BCUT2D eigenvalue weighted by Crippen LogP contribution is -2.21. The Hall–Kier alpha value is -0.380. The van der Waals surface area contributed by atoms with E-state index in [0.29, 0.717) is 19.8 Å². The van der Waals surface area contributed by atoms with Crippen LogP contribution in [0.1, 0.15) is 19.8 Å². The molecule has 82 valence electrons. The molecule has 1 rings (SSSR count). The third-order valence-corrected chi connectivity index (χ3v) is 2.10. The lowest BCUT2D eigenvalue weighted by atomic mass is 10.3. The maximum absolute atomic E-state index is 5.39. The molecule has 0 aromatic carbocycles. The van der Waals surface area contributed by atoms with Gasteiger partial charge in [-0.05, 0) is 25.3 Å². The van der Waals surface area contributed by atoms with Gasteiger partial charge in [-0.25, -0.2) is 0 Å². The molecule has 0 aliphatic heterocycles. The summed E-state index contributed by atoms with van der Waals surface area (Å²) in [5.41, 5.74) is 1.12. The summed E-state index contributed by atoms with van der Waals surface area (Å²) in [7, 11) is 0. The Balaban J connectivity index is 1.81. The lowest BCUT2D eigenvalue weighted by Gasteiger charge is -2.07. The molecular formula is C11H21NO2. The van der Waals surface area contributed by atoms with Crippen molar-refractivity contribution in [3.8, 4) is 0 Å². The van der Waals surface area contributed by atoms with E-state index in [1.807, 2.05) is 6.92 Å². The average molecular weight is 199 g/mol. The maximum Gasteiger partial charge on any atom is 0.0704 e. The molecule has 0 radical (unpaired) electrons. The van der Waals surface area contributed by atoms with Crippen molar-refractivity contribution in [3.63, 3.8) is 0 Å². The van der Waals surface area contributed by atoms with Crippen LogP contribution in [0.3, 0.4) is 0 Å². The molecule has 0 amide bonds. The molecule has 0 bridgehead atoms. The van der Waals surface area contributed by atoms with Crippen LogP contribution in [0.15, 0.2) is 12.2 Å². The van der Waals surface area contributed by atoms with Crippen LogP contribution in [-0.4, -0.2) is 39.0 Å². The Kier molecular flexibility index (Phi) is 5.83. The van der Waals surface area contributed by atoms with Gasteiger partial charge in [0.25, 0.3) is 0 Å². The first-order valence-electron chi connectivity index (χ1n) is 5.38. The van der Waals surface area contributed by atoms with Crippen LogP contribution in [0.5, 0.6) is 0 Å². The highest BCUT2D eigenvalue weighted by molar-refractivity contribution is 4.99. The quantitative estimate of drug-likeness (QED) is 0.449. The molecule has 0 saturated heterocycles. The van der Waals surface area contributed by atoms with Gasteiger partial charge < -0.3 is 14.8 Å². The predicted octanol–water partition coefficient (Wildman–Crippen LogP) is 1.35. The third-order valence-electron chi connectivity index (χ3n) is 2.10. The number of hydrogen-bond donors (Lipinski definition) is 1. The van der Waals surface area contributed by atoms with Crippen LogP contribution >= 0.6 is 0 Å². The van der Waals surface area contributed by atoms with Crippen molar-refractivity contribution in [2.45, 2.75) is 25.8 Å². The van der Waals surface area contributed by atoms with E-state index in [9.17, 15) is 0 Å². The lowest BCUT2D eigenvalue weighted by molar-refractivity contribution is 0.0616. The van der Waals surface area contributed by atoms with Crippen LogP contribution in [0.25, 0.3) is 0 Å². The summed E-state index contributed by atoms with van der Waals surface area (Å²) in [5.74, 6) is 0. The minimum absolute atomic E-state index is 0.646. The first-order valence-corrected chi connectivity index (χ1v) is 5.38. The van der Waals surface area contributed by atoms with Gasteiger partial charge in [-0.15, -0.1) is 0 Å². The van der Waals surface area contributed by atoms with E-state index in [1.54, 1.807) is 0 Å². The summed E-state index contributed by atoms with van der Waals surface area (Å²) in [6.45, 7) is 9.56. The molecule has 1 aliphatic rings. The molecular weight excluding hydrogens is 178 g/mol. The fourth-order valence-corrected chi connectivity index (χ4v) is 1.11. The second kappa shape index (κ2) is 6.98. The normalized spacial score (nSPS) is 15.8. The highest BCUT2D eigenvalue weighted by Crippen LogP contribution is 2.18. The van der Waals surface area contributed by atoms with Gasteiger partial charge in [-0.2, -0.15) is 0 Å². The van der Waals surface area contributed by atoms with Gasteiger partial charge in [0.05, 0.1) is 19.8 Å². The van der Waals surface area contributed by atoms with Gasteiger partial charge >= 0.3 is 0 Å². The molecule has 0 aromatic heterocycles. The van der Waals surface area contributed by atoms with E-state index in [-0.39, 0.29) is 0 Å². The highest BCUT2D eigenvalue weighted by atomic mass is 16.5. The van der Waals surface area contributed by atoms with Gasteiger partial charge in [0.2, 0.25) is 0 Å². The summed E-state index contributed by atoms with van der Waals surface area (Å²) < 4.78 is 10.5. The Morgan fingerprint density at radius 3 is 2.71 bits per heavy atom. The fraction of sp³-hybridized carbons (Fsp3) is 0.818. The first-order chi connectivity index (χ1) is 6.83. The van der Waals surface area contributed by atoms with E-state index in [1.165, 1.54) is 12.8 Å². The molecule has 0 spiro atoms. The summed E-state index contributed by atoms with van der Waals surface area (Å²) in [6, 6.07) is 0.746. The minimum Gasteiger partial charge on any atom is -0.379 e. The van der Waals surface area contributed by atoms with Crippen molar-refractivity contribution in [1.82, 2.24) is 5.32 Å². The standard InChI is InChI=1S/C11H21NO2/c1-3-13-6-7-14-9-10(2)8-12-11-4-5-11/h11-12H,2-9H2,1H3. The Morgan fingerprint density at radius 2 is 2.07 bits per heavy atom. The van der Waals surface area contributed by atoms with Crippen LogP contribution in [0, 0.1) is 0 Å². The molecule has 1 aliphatic carbocycles.